The molecular weight excluding hydrogens is 420 g/mol. The Hall–Kier alpha value is -1.00. The second-order valence-corrected chi connectivity index (χ2v) is 18.7. The molecule has 0 N–H and O–H groups in total. The van der Waals surface area contributed by atoms with Gasteiger partial charge in [0, 0.05) is 17.3 Å². The fourth-order valence-corrected chi connectivity index (χ4v) is 9.25. The lowest BCUT2D eigenvalue weighted by Gasteiger charge is -2.63. The molecule has 3 nitrogen and oxygen atoms in total. The minimum absolute atomic E-state index is 0.220. The maximum atomic E-state index is 7.11. The topological polar surface area (TPSA) is 34.5 Å². The third-order valence-corrected chi connectivity index (χ3v) is 15.2. The fraction of sp³-hybridized carbons (Fsp3) is 0.793. The van der Waals surface area contributed by atoms with E-state index in [9.17, 15) is 0 Å². The first-order valence-corrected chi connectivity index (χ1v) is 16.2. The summed E-state index contributed by atoms with van der Waals surface area (Å²) in [5.41, 5.74) is 3.41. The number of hydrogen-bond donors (Lipinski definition) is 0. The molecule has 5 atom stereocenters. The van der Waals surface area contributed by atoms with Gasteiger partial charge in [0.05, 0.1) is 18.3 Å². The quantitative estimate of drug-likeness (QED) is 0.419. The highest BCUT2D eigenvalue weighted by Crippen LogP contribution is 2.68. The van der Waals surface area contributed by atoms with Gasteiger partial charge in [0.1, 0.15) is 0 Å². The van der Waals surface area contributed by atoms with E-state index in [-0.39, 0.29) is 15.9 Å². The molecular formula is C29H48N2OSi. The van der Waals surface area contributed by atoms with Gasteiger partial charge in [-0.3, -0.25) is 9.98 Å². The molecule has 1 aromatic heterocycles. The van der Waals surface area contributed by atoms with E-state index in [2.05, 4.69) is 78.7 Å². The van der Waals surface area contributed by atoms with E-state index in [1.54, 1.807) is 0 Å². The second-order valence-electron chi connectivity index (χ2n) is 13.9. The van der Waals surface area contributed by atoms with Crippen molar-refractivity contribution in [2.24, 2.45) is 33.1 Å². The van der Waals surface area contributed by atoms with Gasteiger partial charge < -0.3 is 4.43 Å². The highest BCUT2D eigenvalue weighted by Gasteiger charge is 2.63. The minimum atomic E-state index is -1.78. The summed E-state index contributed by atoms with van der Waals surface area (Å²) in [5.74, 6) is 1.46. The zero-order chi connectivity index (χ0) is 24.3. The average Bonchev–Trinajstić information content (AvgIpc) is 3.06. The molecule has 0 amide bonds. The SMILES string of the molecule is CC1(C)[C@@H](O[Si](C)(C)C(C)(C)C)CC[C@]2(C)[C@H]3CCC(=NCc4ccccn4)[C@]3(C)CC[C@@H]12. The molecule has 0 bridgehead atoms. The summed E-state index contributed by atoms with van der Waals surface area (Å²) in [5, 5.41) is 0.263. The molecule has 3 saturated carbocycles. The van der Waals surface area contributed by atoms with E-state index in [4.69, 9.17) is 9.42 Å². The molecule has 1 aromatic rings. The van der Waals surface area contributed by atoms with Crippen molar-refractivity contribution in [3.63, 3.8) is 0 Å². The smallest absolute Gasteiger partial charge is 0.192 e. The normalized spacial score (nSPS) is 37.6. The Balaban J connectivity index is 1.56. The van der Waals surface area contributed by atoms with Crippen molar-refractivity contribution < 1.29 is 4.43 Å². The lowest BCUT2D eigenvalue weighted by molar-refractivity contribution is -0.150. The molecule has 0 aromatic carbocycles. The summed E-state index contributed by atoms with van der Waals surface area (Å²) < 4.78 is 7.11. The van der Waals surface area contributed by atoms with Gasteiger partial charge >= 0.3 is 0 Å². The van der Waals surface area contributed by atoms with Crippen molar-refractivity contribution in [1.29, 1.82) is 0 Å². The Morgan fingerprint density at radius 3 is 2.39 bits per heavy atom. The molecule has 3 aliphatic rings. The number of nitrogens with zero attached hydrogens (tertiary/aromatic N) is 2. The van der Waals surface area contributed by atoms with E-state index < -0.39 is 8.32 Å². The zero-order valence-corrected chi connectivity index (χ0v) is 23.8. The molecule has 0 saturated heterocycles. The highest BCUT2D eigenvalue weighted by atomic mass is 28.4. The number of pyridine rings is 1. The predicted octanol–water partition coefficient (Wildman–Crippen LogP) is 8.07. The summed E-state index contributed by atoms with van der Waals surface area (Å²) in [7, 11) is -1.78. The first-order chi connectivity index (χ1) is 15.2. The van der Waals surface area contributed by atoms with E-state index in [1.165, 1.54) is 44.2 Å². The molecule has 33 heavy (non-hydrogen) atoms. The lowest BCUT2D eigenvalue weighted by atomic mass is 9.43. The van der Waals surface area contributed by atoms with Crippen LogP contribution in [-0.4, -0.2) is 25.1 Å². The maximum Gasteiger partial charge on any atom is 0.192 e. The van der Waals surface area contributed by atoms with Crippen LogP contribution >= 0.6 is 0 Å². The number of aromatic nitrogens is 1. The van der Waals surface area contributed by atoms with E-state index in [0.717, 1.165) is 24.1 Å². The number of rotatable bonds is 4. The first kappa shape index (κ1) is 25.1. The van der Waals surface area contributed by atoms with Crippen LogP contribution in [0.2, 0.25) is 18.1 Å². The monoisotopic (exact) mass is 468 g/mol. The molecule has 4 rings (SSSR count). The lowest BCUT2D eigenvalue weighted by Crippen LogP contribution is -2.60. The summed E-state index contributed by atoms with van der Waals surface area (Å²) >= 11 is 0. The van der Waals surface area contributed by atoms with Gasteiger partial charge in [0.15, 0.2) is 8.32 Å². The standard InChI is InChI=1S/C29H48N2OSi/c1-26(2,3)33(8,9)32-25-16-18-28(6)22(27(25,4)5)15-17-29(7)23(28)13-14-24(29)31-20-21-12-10-11-19-30-21/h10-12,19,22-23,25H,13-18,20H2,1-9H3/t22-,23+,25-,28-,29+/m0/s1. The molecule has 1 heterocycles. The van der Waals surface area contributed by atoms with Gasteiger partial charge in [-0.1, -0.05) is 54.5 Å². The van der Waals surface area contributed by atoms with Crippen molar-refractivity contribution in [1.82, 2.24) is 4.98 Å². The van der Waals surface area contributed by atoms with Crippen LogP contribution in [0.4, 0.5) is 0 Å². The van der Waals surface area contributed by atoms with Gasteiger partial charge in [-0.25, -0.2) is 0 Å². The van der Waals surface area contributed by atoms with Crippen LogP contribution in [-0.2, 0) is 11.0 Å². The van der Waals surface area contributed by atoms with Crippen molar-refractivity contribution in [2.75, 3.05) is 0 Å². The van der Waals surface area contributed by atoms with E-state index in [0.29, 0.717) is 11.5 Å². The molecule has 0 radical (unpaired) electrons. The van der Waals surface area contributed by atoms with E-state index in [1.807, 2.05) is 12.3 Å². The molecule has 4 heteroatoms. The molecule has 0 aliphatic heterocycles. The molecule has 0 unspecified atom stereocenters. The summed E-state index contributed by atoms with van der Waals surface area (Å²) in [6, 6.07) is 6.15. The van der Waals surface area contributed by atoms with Crippen LogP contribution in [0.3, 0.4) is 0 Å². The van der Waals surface area contributed by atoms with Crippen molar-refractivity contribution in [3.8, 4) is 0 Å². The number of aliphatic imine (C=N–C) groups is 1. The maximum absolute atomic E-state index is 7.11. The molecule has 3 fully saturated rings. The van der Waals surface area contributed by atoms with Gasteiger partial charge in [0.2, 0.25) is 0 Å². The Bertz CT molecular complexity index is 887. The van der Waals surface area contributed by atoms with Crippen LogP contribution in [0.15, 0.2) is 29.4 Å². The van der Waals surface area contributed by atoms with E-state index >= 15 is 0 Å². The van der Waals surface area contributed by atoms with Crippen molar-refractivity contribution in [3.05, 3.63) is 30.1 Å². The Kier molecular flexibility index (Phi) is 6.31. The van der Waals surface area contributed by atoms with Crippen LogP contribution in [0, 0.1) is 28.1 Å². The third-order valence-electron chi connectivity index (χ3n) is 10.7. The second kappa shape index (κ2) is 8.29. The highest BCUT2D eigenvalue weighted by molar-refractivity contribution is 6.74. The Morgan fingerprint density at radius 2 is 1.76 bits per heavy atom. The average molecular weight is 469 g/mol. The molecule has 184 valence electrons. The van der Waals surface area contributed by atoms with Crippen molar-refractivity contribution in [2.45, 2.75) is 118 Å². The van der Waals surface area contributed by atoms with Crippen molar-refractivity contribution >= 4 is 14.0 Å². The third kappa shape index (κ3) is 4.18. The van der Waals surface area contributed by atoms with Gasteiger partial charge in [0.25, 0.3) is 0 Å². The van der Waals surface area contributed by atoms with Gasteiger partial charge in [-0.15, -0.1) is 0 Å². The van der Waals surface area contributed by atoms with Crippen LogP contribution < -0.4 is 0 Å². The molecule has 0 spiro atoms. The number of hydrogen-bond acceptors (Lipinski definition) is 3. The predicted molar refractivity (Wildman–Crippen MR) is 142 cm³/mol. The minimum Gasteiger partial charge on any atom is -0.413 e. The Labute approximate surface area is 204 Å². The summed E-state index contributed by atoms with van der Waals surface area (Å²) in [6.45, 7) is 22.9. The largest absolute Gasteiger partial charge is 0.413 e. The van der Waals surface area contributed by atoms with Gasteiger partial charge in [-0.05, 0) is 91.5 Å². The fourth-order valence-electron chi connectivity index (χ4n) is 7.76. The first-order valence-electron chi connectivity index (χ1n) is 13.3. The van der Waals surface area contributed by atoms with Crippen LogP contribution in [0.25, 0.3) is 0 Å². The summed E-state index contributed by atoms with van der Waals surface area (Å²) in [4.78, 5) is 9.68. The van der Waals surface area contributed by atoms with Crippen LogP contribution in [0.1, 0.15) is 92.7 Å². The zero-order valence-electron chi connectivity index (χ0n) is 22.8. The Morgan fingerprint density at radius 1 is 1.03 bits per heavy atom. The summed E-state index contributed by atoms with van der Waals surface area (Å²) in [6.07, 6.45) is 9.82. The van der Waals surface area contributed by atoms with Gasteiger partial charge in [-0.2, -0.15) is 0 Å². The number of fused-ring (bicyclic) bond motifs is 3. The molecule has 3 aliphatic carbocycles. The van der Waals surface area contributed by atoms with Crippen LogP contribution in [0.5, 0.6) is 0 Å².